The Labute approximate surface area is 207 Å². The zero-order valence-electron chi connectivity index (χ0n) is 19.7. The third-order valence-corrected chi connectivity index (χ3v) is 9.07. The Bertz CT molecular complexity index is 1330. The third-order valence-electron chi connectivity index (χ3n) is 5.39. The van der Waals surface area contributed by atoms with Gasteiger partial charge >= 0.3 is 0 Å². The van der Waals surface area contributed by atoms with E-state index in [9.17, 15) is 21.6 Å². The van der Waals surface area contributed by atoms with Crippen molar-refractivity contribution in [3.05, 3.63) is 96.1 Å². The largest absolute Gasteiger partial charge is 0.351 e. The Hall–Kier alpha value is -3.05. The van der Waals surface area contributed by atoms with Crippen molar-refractivity contribution < 1.29 is 21.6 Å². The maximum atomic E-state index is 13.2. The molecule has 0 fully saturated rings. The molecular formula is C25H29N3O5S2. The zero-order chi connectivity index (χ0) is 25.5. The first-order chi connectivity index (χ1) is 16.6. The summed E-state index contributed by atoms with van der Waals surface area (Å²) in [6, 6.07) is 23.7. The lowest BCUT2D eigenvalue weighted by atomic mass is 10.1. The quantitative estimate of drug-likeness (QED) is 0.423. The maximum Gasteiger partial charge on any atom is 0.243 e. The van der Waals surface area contributed by atoms with Gasteiger partial charge in [-0.05, 0) is 41.8 Å². The van der Waals surface area contributed by atoms with E-state index >= 15 is 0 Å². The van der Waals surface area contributed by atoms with E-state index in [4.69, 9.17) is 0 Å². The van der Waals surface area contributed by atoms with Crippen molar-refractivity contribution in [1.82, 2.24) is 13.9 Å². The van der Waals surface area contributed by atoms with Crippen LogP contribution in [0.3, 0.4) is 0 Å². The molecular weight excluding hydrogens is 486 g/mol. The highest BCUT2D eigenvalue weighted by atomic mass is 32.2. The summed E-state index contributed by atoms with van der Waals surface area (Å²) in [5.41, 5.74) is 1.66. The standard InChI is InChI=1S/C25H29N3O5S2/c1-27(2)34(30,31)24-15-13-22(14-16-24)19-26-25(29)20-28(18-17-21-9-5-3-6-10-21)35(32,33)23-11-7-4-8-12-23/h3-16H,17-20H2,1-2H3,(H,26,29). The van der Waals surface area contributed by atoms with E-state index in [-0.39, 0.29) is 29.4 Å². The molecule has 1 amide bonds. The Morgan fingerprint density at radius 1 is 0.714 bits per heavy atom. The molecule has 8 nitrogen and oxygen atoms in total. The molecule has 0 bridgehead atoms. The summed E-state index contributed by atoms with van der Waals surface area (Å²) in [4.78, 5) is 13.0. The van der Waals surface area contributed by atoms with Gasteiger partial charge in [-0.25, -0.2) is 21.1 Å². The highest BCUT2D eigenvalue weighted by Crippen LogP contribution is 2.17. The van der Waals surface area contributed by atoms with Crippen molar-refractivity contribution in [2.45, 2.75) is 22.8 Å². The number of hydrogen-bond acceptors (Lipinski definition) is 5. The molecule has 3 aromatic rings. The lowest BCUT2D eigenvalue weighted by molar-refractivity contribution is -0.121. The molecule has 0 aliphatic rings. The van der Waals surface area contributed by atoms with Gasteiger partial charge in [0.25, 0.3) is 0 Å². The number of sulfonamides is 2. The van der Waals surface area contributed by atoms with E-state index in [1.807, 2.05) is 30.3 Å². The van der Waals surface area contributed by atoms with Crippen LogP contribution in [-0.2, 0) is 37.8 Å². The van der Waals surface area contributed by atoms with E-state index < -0.39 is 26.0 Å². The molecule has 3 aromatic carbocycles. The minimum Gasteiger partial charge on any atom is -0.351 e. The SMILES string of the molecule is CN(C)S(=O)(=O)c1ccc(CNC(=O)CN(CCc2ccccc2)S(=O)(=O)c2ccccc2)cc1. The molecule has 0 spiro atoms. The molecule has 0 radical (unpaired) electrons. The number of amides is 1. The topological polar surface area (TPSA) is 104 Å². The second-order valence-corrected chi connectivity index (χ2v) is 12.2. The molecule has 35 heavy (non-hydrogen) atoms. The minimum atomic E-state index is -3.88. The van der Waals surface area contributed by atoms with Gasteiger partial charge < -0.3 is 5.32 Å². The van der Waals surface area contributed by atoms with Crippen LogP contribution in [0.1, 0.15) is 11.1 Å². The summed E-state index contributed by atoms with van der Waals surface area (Å²) in [6.07, 6.45) is 0.460. The van der Waals surface area contributed by atoms with E-state index in [0.717, 1.165) is 9.87 Å². The summed E-state index contributed by atoms with van der Waals surface area (Å²) in [5, 5.41) is 2.73. The van der Waals surface area contributed by atoms with Gasteiger partial charge in [-0.3, -0.25) is 4.79 Å². The average molecular weight is 516 g/mol. The van der Waals surface area contributed by atoms with E-state index in [1.165, 1.54) is 42.7 Å². The molecule has 3 rings (SSSR count). The number of benzene rings is 3. The number of rotatable bonds is 11. The van der Waals surface area contributed by atoms with E-state index in [1.54, 1.807) is 30.3 Å². The zero-order valence-corrected chi connectivity index (χ0v) is 21.3. The van der Waals surface area contributed by atoms with Gasteiger partial charge in [0, 0.05) is 27.2 Å². The predicted octanol–water partition coefficient (Wildman–Crippen LogP) is 2.49. The van der Waals surface area contributed by atoms with Gasteiger partial charge in [-0.15, -0.1) is 0 Å². The van der Waals surface area contributed by atoms with Crippen LogP contribution < -0.4 is 5.32 Å². The van der Waals surface area contributed by atoms with Crippen molar-refractivity contribution in [3.63, 3.8) is 0 Å². The molecule has 0 heterocycles. The van der Waals surface area contributed by atoms with Crippen LogP contribution >= 0.6 is 0 Å². The van der Waals surface area contributed by atoms with Crippen LogP contribution in [0.5, 0.6) is 0 Å². The van der Waals surface area contributed by atoms with Gasteiger partial charge in [0.1, 0.15) is 0 Å². The van der Waals surface area contributed by atoms with Gasteiger partial charge in [0.2, 0.25) is 26.0 Å². The lowest BCUT2D eigenvalue weighted by Crippen LogP contribution is -2.41. The first-order valence-electron chi connectivity index (χ1n) is 11.0. The Morgan fingerprint density at radius 2 is 1.26 bits per heavy atom. The Kier molecular flexibility index (Phi) is 8.79. The molecule has 0 unspecified atom stereocenters. The summed E-state index contributed by atoms with van der Waals surface area (Å²) < 4.78 is 53.2. The number of carbonyl (C=O) groups excluding carboxylic acids is 1. The van der Waals surface area contributed by atoms with E-state index in [0.29, 0.717) is 12.0 Å². The number of nitrogens with zero attached hydrogens (tertiary/aromatic N) is 2. The van der Waals surface area contributed by atoms with Gasteiger partial charge in [0.15, 0.2) is 0 Å². The first-order valence-corrected chi connectivity index (χ1v) is 13.9. The molecule has 0 atom stereocenters. The van der Waals surface area contributed by atoms with Crippen LogP contribution in [0.2, 0.25) is 0 Å². The summed E-state index contributed by atoms with van der Waals surface area (Å²) in [6.45, 7) is -0.0536. The smallest absolute Gasteiger partial charge is 0.243 e. The van der Waals surface area contributed by atoms with Crippen LogP contribution in [-0.4, -0.2) is 58.5 Å². The summed E-state index contributed by atoms with van der Waals surface area (Å²) in [5.74, 6) is -0.456. The van der Waals surface area contributed by atoms with Gasteiger partial charge in [-0.2, -0.15) is 4.31 Å². The Balaban J connectivity index is 1.69. The second-order valence-electron chi connectivity index (χ2n) is 8.10. The van der Waals surface area contributed by atoms with Crippen LogP contribution in [0.15, 0.2) is 94.7 Å². The lowest BCUT2D eigenvalue weighted by Gasteiger charge is -2.22. The molecule has 1 N–H and O–H groups in total. The van der Waals surface area contributed by atoms with Gasteiger partial charge in [0.05, 0.1) is 16.3 Å². The fourth-order valence-electron chi connectivity index (χ4n) is 3.33. The fourth-order valence-corrected chi connectivity index (χ4v) is 5.65. The van der Waals surface area contributed by atoms with Gasteiger partial charge in [-0.1, -0.05) is 60.7 Å². The molecule has 0 aromatic heterocycles. The van der Waals surface area contributed by atoms with Crippen molar-refractivity contribution >= 4 is 26.0 Å². The molecule has 0 saturated carbocycles. The van der Waals surface area contributed by atoms with E-state index in [2.05, 4.69) is 5.32 Å². The summed E-state index contributed by atoms with van der Waals surface area (Å²) in [7, 11) is -4.51. The number of hydrogen-bond donors (Lipinski definition) is 1. The highest BCUT2D eigenvalue weighted by molar-refractivity contribution is 7.89. The van der Waals surface area contributed by atoms with Crippen molar-refractivity contribution in [3.8, 4) is 0 Å². The monoisotopic (exact) mass is 515 g/mol. The fraction of sp³-hybridized carbons (Fsp3) is 0.240. The minimum absolute atomic E-state index is 0.124. The van der Waals surface area contributed by atoms with Crippen LogP contribution in [0, 0.1) is 0 Å². The number of carbonyl (C=O) groups is 1. The summed E-state index contributed by atoms with van der Waals surface area (Å²) >= 11 is 0. The van der Waals surface area contributed by atoms with Crippen LogP contribution in [0.25, 0.3) is 0 Å². The molecule has 0 aliphatic heterocycles. The molecule has 0 aliphatic carbocycles. The molecule has 0 saturated heterocycles. The predicted molar refractivity (Wildman–Crippen MR) is 135 cm³/mol. The van der Waals surface area contributed by atoms with Crippen molar-refractivity contribution in [2.24, 2.45) is 0 Å². The Morgan fingerprint density at radius 3 is 1.83 bits per heavy atom. The highest BCUT2D eigenvalue weighted by Gasteiger charge is 2.26. The third kappa shape index (κ3) is 6.98. The first kappa shape index (κ1) is 26.6. The maximum absolute atomic E-state index is 13.2. The number of nitrogens with one attached hydrogen (secondary N) is 1. The normalized spacial score (nSPS) is 12.1. The molecule has 186 valence electrons. The van der Waals surface area contributed by atoms with Crippen molar-refractivity contribution in [1.29, 1.82) is 0 Å². The van der Waals surface area contributed by atoms with Crippen molar-refractivity contribution in [2.75, 3.05) is 27.2 Å². The molecule has 10 heteroatoms. The average Bonchev–Trinajstić information content (AvgIpc) is 2.86. The van der Waals surface area contributed by atoms with Crippen LogP contribution in [0.4, 0.5) is 0 Å². The second kappa shape index (κ2) is 11.6.